The second kappa shape index (κ2) is 5.91. The Balaban J connectivity index is 1.99. The summed E-state index contributed by atoms with van der Waals surface area (Å²) in [7, 11) is 0. The predicted octanol–water partition coefficient (Wildman–Crippen LogP) is 3.41. The Hall–Kier alpha value is -1.49. The molecule has 2 aromatic rings. The van der Waals surface area contributed by atoms with Gasteiger partial charge in [-0.2, -0.15) is 0 Å². The summed E-state index contributed by atoms with van der Waals surface area (Å²) in [5, 5.41) is 3.91. The molecule has 0 aliphatic carbocycles. The zero-order valence-corrected chi connectivity index (χ0v) is 11.7. The topological polar surface area (TPSA) is 51.0 Å². The molecule has 5 heteroatoms. The fraction of sp³-hybridized carbons (Fsp3) is 0.385. The molecule has 0 saturated heterocycles. The van der Waals surface area contributed by atoms with Gasteiger partial charge in [-0.05, 0) is 32.9 Å². The monoisotopic (exact) mass is 263 g/mol. The van der Waals surface area contributed by atoms with Crippen molar-refractivity contribution >= 4 is 17.6 Å². The van der Waals surface area contributed by atoms with Crippen LogP contribution in [0.5, 0.6) is 0 Å². The van der Waals surface area contributed by atoms with Gasteiger partial charge in [0.2, 0.25) is 0 Å². The van der Waals surface area contributed by atoms with E-state index in [4.69, 9.17) is 4.42 Å². The number of aryl methyl sites for hydroxylation is 2. The summed E-state index contributed by atoms with van der Waals surface area (Å²) in [4.78, 5) is 8.84. The Morgan fingerprint density at radius 2 is 2.11 bits per heavy atom. The fourth-order valence-electron chi connectivity index (χ4n) is 1.48. The number of nitrogens with zero attached hydrogens (tertiary/aromatic N) is 2. The molecule has 2 rings (SSSR count). The van der Waals surface area contributed by atoms with Crippen LogP contribution < -0.4 is 5.32 Å². The third-order valence-electron chi connectivity index (χ3n) is 2.52. The van der Waals surface area contributed by atoms with Gasteiger partial charge in [0.15, 0.2) is 0 Å². The highest BCUT2D eigenvalue weighted by atomic mass is 32.2. The van der Waals surface area contributed by atoms with Crippen LogP contribution in [-0.2, 0) is 5.75 Å². The quantitative estimate of drug-likeness (QED) is 0.838. The maximum atomic E-state index is 5.52. The van der Waals surface area contributed by atoms with Gasteiger partial charge in [-0.15, -0.1) is 0 Å². The van der Waals surface area contributed by atoms with E-state index in [-0.39, 0.29) is 0 Å². The van der Waals surface area contributed by atoms with E-state index >= 15 is 0 Å². The van der Waals surface area contributed by atoms with Gasteiger partial charge in [-0.1, -0.05) is 17.8 Å². The normalized spacial score (nSPS) is 10.6. The van der Waals surface area contributed by atoms with Crippen molar-refractivity contribution in [2.24, 2.45) is 0 Å². The van der Waals surface area contributed by atoms with Crippen molar-refractivity contribution < 1.29 is 4.42 Å². The molecule has 4 nitrogen and oxygen atoms in total. The highest BCUT2D eigenvalue weighted by Crippen LogP contribution is 2.23. The average Bonchev–Trinajstić information content (AvgIpc) is 2.67. The molecule has 0 atom stereocenters. The van der Waals surface area contributed by atoms with E-state index in [1.165, 1.54) is 0 Å². The molecule has 0 radical (unpaired) electrons. The van der Waals surface area contributed by atoms with Crippen molar-refractivity contribution in [3.8, 4) is 0 Å². The van der Waals surface area contributed by atoms with Gasteiger partial charge in [0.1, 0.15) is 11.6 Å². The SMILES string of the molecule is CCNc1cccc(CSc2nc(C)c(C)o2)n1. The molecule has 2 heterocycles. The summed E-state index contributed by atoms with van der Waals surface area (Å²) in [5.74, 6) is 2.56. The van der Waals surface area contributed by atoms with E-state index in [9.17, 15) is 0 Å². The van der Waals surface area contributed by atoms with Crippen LogP contribution in [0.1, 0.15) is 24.1 Å². The number of nitrogens with one attached hydrogen (secondary N) is 1. The Kier molecular flexibility index (Phi) is 4.25. The average molecular weight is 263 g/mol. The molecule has 0 fully saturated rings. The second-order valence-electron chi connectivity index (χ2n) is 3.95. The van der Waals surface area contributed by atoms with Crippen LogP contribution in [0.25, 0.3) is 0 Å². The Labute approximate surface area is 111 Å². The molecule has 0 amide bonds. The van der Waals surface area contributed by atoms with Crippen LogP contribution in [0.2, 0.25) is 0 Å². The molecule has 0 spiro atoms. The summed E-state index contributed by atoms with van der Waals surface area (Å²) < 4.78 is 5.52. The largest absolute Gasteiger partial charge is 0.437 e. The lowest BCUT2D eigenvalue weighted by Crippen LogP contribution is -2.00. The van der Waals surface area contributed by atoms with Crippen molar-refractivity contribution in [1.29, 1.82) is 0 Å². The third-order valence-corrected chi connectivity index (χ3v) is 3.38. The first kappa shape index (κ1) is 13.0. The molecule has 2 aromatic heterocycles. The van der Waals surface area contributed by atoms with Crippen LogP contribution in [-0.4, -0.2) is 16.5 Å². The van der Waals surface area contributed by atoms with Gasteiger partial charge in [0.05, 0.1) is 11.4 Å². The lowest BCUT2D eigenvalue weighted by Gasteiger charge is -2.04. The zero-order valence-electron chi connectivity index (χ0n) is 10.9. The lowest BCUT2D eigenvalue weighted by molar-refractivity contribution is 0.431. The van der Waals surface area contributed by atoms with Crippen molar-refractivity contribution in [3.05, 3.63) is 35.3 Å². The van der Waals surface area contributed by atoms with Gasteiger partial charge < -0.3 is 9.73 Å². The van der Waals surface area contributed by atoms with Crippen molar-refractivity contribution in [3.63, 3.8) is 0 Å². The number of anilines is 1. The van der Waals surface area contributed by atoms with E-state index < -0.39 is 0 Å². The number of hydrogen-bond acceptors (Lipinski definition) is 5. The predicted molar refractivity (Wildman–Crippen MR) is 73.9 cm³/mol. The summed E-state index contributed by atoms with van der Waals surface area (Å²) >= 11 is 1.57. The number of thioether (sulfide) groups is 1. The lowest BCUT2D eigenvalue weighted by atomic mass is 10.4. The van der Waals surface area contributed by atoms with E-state index in [2.05, 4.69) is 22.2 Å². The molecule has 0 aliphatic heterocycles. The van der Waals surface area contributed by atoms with Crippen molar-refractivity contribution in [1.82, 2.24) is 9.97 Å². The van der Waals surface area contributed by atoms with E-state index in [0.717, 1.165) is 35.3 Å². The number of pyridine rings is 1. The van der Waals surface area contributed by atoms with Crippen LogP contribution in [0.3, 0.4) is 0 Å². The maximum Gasteiger partial charge on any atom is 0.256 e. The summed E-state index contributed by atoms with van der Waals surface area (Å²) in [6.07, 6.45) is 0. The first-order chi connectivity index (χ1) is 8.69. The molecule has 0 bridgehead atoms. The number of oxazole rings is 1. The molecular formula is C13H17N3OS. The first-order valence-corrected chi connectivity index (χ1v) is 6.94. The summed E-state index contributed by atoms with van der Waals surface area (Å²) in [6, 6.07) is 5.99. The van der Waals surface area contributed by atoms with E-state index in [0.29, 0.717) is 5.22 Å². The molecule has 0 unspecified atom stereocenters. The number of hydrogen-bond donors (Lipinski definition) is 1. The Morgan fingerprint density at radius 1 is 1.28 bits per heavy atom. The van der Waals surface area contributed by atoms with Crippen LogP contribution in [0.4, 0.5) is 5.82 Å². The Bertz CT molecular complexity index is 505. The van der Waals surface area contributed by atoms with Gasteiger partial charge >= 0.3 is 0 Å². The van der Waals surface area contributed by atoms with Crippen LogP contribution >= 0.6 is 11.8 Å². The minimum Gasteiger partial charge on any atom is -0.437 e. The fourth-order valence-corrected chi connectivity index (χ4v) is 2.30. The highest BCUT2D eigenvalue weighted by Gasteiger charge is 2.07. The summed E-state index contributed by atoms with van der Waals surface area (Å²) in [6.45, 7) is 6.81. The van der Waals surface area contributed by atoms with Gasteiger partial charge in [0, 0.05) is 12.3 Å². The van der Waals surface area contributed by atoms with Gasteiger partial charge in [0.25, 0.3) is 5.22 Å². The molecular weight excluding hydrogens is 246 g/mol. The van der Waals surface area contributed by atoms with Crippen LogP contribution in [0.15, 0.2) is 27.8 Å². The summed E-state index contributed by atoms with van der Waals surface area (Å²) in [5.41, 5.74) is 1.97. The van der Waals surface area contributed by atoms with Crippen LogP contribution in [0, 0.1) is 13.8 Å². The smallest absolute Gasteiger partial charge is 0.256 e. The maximum absolute atomic E-state index is 5.52. The van der Waals surface area contributed by atoms with Crippen molar-refractivity contribution in [2.75, 3.05) is 11.9 Å². The van der Waals surface area contributed by atoms with Crippen molar-refractivity contribution in [2.45, 2.75) is 31.7 Å². The first-order valence-electron chi connectivity index (χ1n) is 5.95. The second-order valence-corrected chi connectivity index (χ2v) is 4.88. The molecule has 0 aromatic carbocycles. The standard InChI is InChI=1S/C13H17N3OS/c1-4-14-12-7-5-6-11(16-12)8-18-13-15-9(2)10(3)17-13/h5-7H,4,8H2,1-3H3,(H,14,16). The van der Waals surface area contributed by atoms with Gasteiger partial charge in [-0.25, -0.2) is 9.97 Å². The Morgan fingerprint density at radius 3 is 2.78 bits per heavy atom. The highest BCUT2D eigenvalue weighted by molar-refractivity contribution is 7.98. The molecule has 18 heavy (non-hydrogen) atoms. The number of rotatable bonds is 5. The zero-order chi connectivity index (χ0) is 13.0. The van der Waals surface area contributed by atoms with Gasteiger partial charge in [-0.3, -0.25) is 0 Å². The molecule has 1 N–H and O–H groups in total. The molecule has 0 saturated carbocycles. The third kappa shape index (κ3) is 3.26. The minimum absolute atomic E-state index is 0.709. The number of aromatic nitrogens is 2. The molecule has 0 aliphatic rings. The molecule has 96 valence electrons. The minimum atomic E-state index is 0.709. The van der Waals surface area contributed by atoms with E-state index in [1.54, 1.807) is 11.8 Å². The van der Waals surface area contributed by atoms with E-state index in [1.807, 2.05) is 32.0 Å².